The summed E-state index contributed by atoms with van der Waals surface area (Å²) in [5.41, 5.74) is 8.12. The highest BCUT2D eigenvalue weighted by atomic mass is 16.1. The average Bonchev–Trinajstić information content (AvgIpc) is 2.82. The zero-order valence-electron chi connectivity index (χ0n) is 12.6. The third-order valence-corrected chi connectivity index (χ3v) is 4.36. The van der Waals surface area contributed by atoms with Crippen LogP contribution in [0.2, 0.25) is 0 Å². The molecule has 1 saturated heterocycles. The topological polar surface area (TPSA) is 59.2 Å². The van der Waals surface area contributed by atoms with Crippen LogP contribution in [0.1, 0.15) is 41.2 Å². The molecule has 0 bridgehead atoms. The summed E-state index contributed by atoms with van der Waals surface area (Å²) >= 11 is 0. The monoisotopic (exact) mass is 295 g/mol. The average molecular weight is 295 g/mol. The van der Waals surface area contributed by atoms with Gasteiger partial charge in [-0.05, 0) is 42.9 Å². The summed E-state index contributed by atoms with van der Waals surface area (Å²) in [4.78, 5) is 17.6. The Balaban J connectivity index is 1.73. The van der Waals surface area contributed by atoms with Gasteiger partial charge < -0.3 is 10.6 Å². The predicted octanol–water partition coefficient (Wildman–Crippen LogP) is 2.95. The zero-order valence-corrected chi connectivity index (χ0v) is 12.6. The second-order valence-corrected chi connectivity index (χ2v) is 5.79. The number of rotatable bonds is 3. The minimum Gasteiger partial charge on any atom is -0.371 e. The van der Waals surface area contributed by atoms with E-state index in [9.17, 15) is 4.79 Å². The minimum atomic E-state index is -0.473. The Morgan fingerprint density at radius 1 is 1.14 bits per heavy atom. The molecule has 1 aromatic carbocycles. The SMILES string of the molecule is NC(=O)c1cc(N2CCC[C@@H](c3ccccc3)CC2)ccn1. The van der Waals surface area contributed by atoms with Crippen molar-refractivity contribution in [1.29, 1.82) is 0 Å². The molecular weight excluding hydrogens is 274 g/mol. The molecule has 1 aliphatic heterocycles. The molecule has 4 nitrogen and oxygen atoms in total. The number of hydrogen-bond acceptors (Lipinski definition) is 3. The van der Waals surface area contributed by atoms with E-state index in [1.165, 1.54) is 12.0 Å². The molecule has 1 fully saturated rings. The van der Waals surface area contributed by atoms with E-state index in [2.05, 4.69) is 40.2 Å². The molecule has 1 aromatic heterocycles. The van der Waals surface area contributed by atoms with E-state index < -0.39 is 5.91 Å². The van der Waals surface area contributed by atoms with Crippen LogP contribution in [-0.4, -0.2) is 24.0 Å². The van der Waals surface area contributed by atoms with Gasteiger partial charge in [0.25, 0.3) is 5.91 Å². The van der Waals surface area contributed by atoms with Crippen LogP contribution in [0, 0.1) is 0 Å². The number of aromatic nitrogens is 1. The van der Waals surface area contributed by atoms with E-state index in [-0.39, 0.29) is 0 Å². The first-order chi connectivity index (χ1) is 10.7. The summed E-state index contributed by atoms with van der Waals surface area (Å²) in [6.45, 7) is 1.99. The fourth-order valence-corrected chi connectivity index (χ4v) is 3.16. The highest BCUT2D eigenvalue weighted by molar-refractivity contribution is 5.91. The lowest BCUT2D eigenvalue weighted by molar-refractivity contribution is 0.0995. The first kappa shape index (κ1) is 14.6. The molecule has 0 radical (unpaired) electrons. The van der Waals surface area contributed by atoms with Crippen LogP contribution in [0.4, 0.5) is 5.69 Å². The summed E-state index contributed by atoms with van der Waals surface area (Å²) in [5.74, 6) is 0.141. The Labute approximate surface area is 131 Å². The van der Waals surface area contributed by atoms with Gasteiger partial charge in [0.1, 0.15) is 5.69 Å². The van der Waals surface area contributed by atoms with Crippen molar-refractivity contribution in [2.45, 2.75) is 25.2 Å². The first-order valence-corrected chi connectivity index (χ1v) is 7.80. The minimum absolute atomic E-state index is 0.335. The van der Waals surface area contributed by atoms with Gasteiger partial charge in [-0.2, -0.15) is 0 Å². The molecule has 1 amide bonds. The Kier molecular flexibility index (Phi) is 4.37. The van der Waals surface area contributed by atoms with E-state index in [1.807, 2.05) is 6.07 Å². The van der Waals surface area contributed by atoms with Crippen LogP contribution in [0.5, 0.6) is 0 Å². The van der Waals surface area contributed by atoms with Gasteiger partial charge in [0, 0.05) is 25.0 Å². The van der Waals surface area contributed by atoms with Crippen LogP contribution in [0.15, 0.2) is 48.7 Å². The maximum Gasteiger partial charge on any atom is 0.267 e. The first-order valence-electron chi connectivity index (χ1n) is 7.80. The second-order valence-electron chi connectivity index (χ2n) is 5.79. The Morgan fingerprint density at radius 3 is 2.73 bits per heavy atom. The van der Waals surface area contributed by atoms with E-state index >= 15 is 0 Å². The molecule has 2 heterocycles. The van der Waals surface area contributed by atoms with Gasteiger partial charge in [0.15, 0.2) is 0 Å². The van der Waals surface area contributed by atoms with Crippen molar-refractivity contribution in [3.8, 4) is 0 Å². The van der Waals surface area contributed by atoms with Gasteiger partial charge in [-0.25, -0.2) is 0 Å². The summed E-state index contributed by atoms with van der Waals surface area (Å²) in [5, 5.41) is 0. The normalized spacial score (nSPS) is 18.7. The van der Waals surface area contributed by atoms with Gasteiger partial charge in [-0.15, -0.1) is 0 Å². The number of anilines is 1. The lowest BCUT2D eigenvalue weighted by Crippen LogP contribution is -2.25. The lowest BCUT2D eigenvalue weighted by Gasteiger charge is -2.23. The largest absolute Gasteiger partial charge is 0.371 e. The number of benzene rings is 1. The van der Waals surface area contributed by atoms with Crippen LogP contribution >= 0.6 is 0 Å². The molecule has 114 valence electrons. The molecule has 0 unspecified atom stereocenters. The van der Waals surface area contributed by atoms with Gasteiger partial charge in [0.2, 0.25) is 0 Å². The third kappa shape index (κ3) is 3.27. The van der Waals surface area contributed by atoms with Gasteiger partial charge in [-0.1, -0.05) is 30.3 Å². The standard InChI is InChI=1S/C18H21N3O/c19-18(22)17-13-16(8-10-20-17)21-11-4-7-15(9-12-21)14-5-2-1-3-6-14/h1-3,5-6,8,10,13,15H,4,7,9,11-12H2,(H2,19,22)/t15-/m1/s1. The fourth-order valence-electron chi connectivity index (χ4n) is 3.16. The number of primary amides is 1. The van der Waals surface area contributed by atoms with Crippen molar-refractivity contribution >= 4 is 11.6 Å². The molecule has 1 aliphatic rings. The van der Waals surface area contributed by atoms with E-state index in [4.69, 9.17) is 5.73 Å². The number of hydrogen-bond donors (Lipinski definition) is 1. The summed E-state index contributed by atoms with van der Waals surface area (Å²) in [7, 11) is 0. The fraction of sp³-hybridized carbons (Fsp3) is 0.333. The van der Waals surface area contributed by atoms with E-state index in [0.29, 0.717) is 11.6 Å². The maximum absolute atomic E-state index is 11.3. The Hall–Kier alpha value is -2.36. The van der Waals surface area contributed by atoms with E-state index in [1.54, 1.807) is 12.3 Å². The molecule has 3 rings (SSSR count). The molecule has 2 aromatic rings. The van der Waals surface area contributed by atoms with Crippen LogP contribution in [0.3, 0.4) is 0 Å². The van der Waals surface area contributed by atoms with Crippen molar-refractivity contribution in [3.63, 3.8) is 0 Å². The van der Waals surface area contributed by atoms with Gasteiger partial charge in [-0.3, -0.25) is 9.78 Å². The van der Waals surface area contributed by atoms with Crippen LogP contribution in [-0.2, 0) is 0 Å². The molecule has 0 saturated carbocycles. The van der Waals surface area contributed by atoms with Crippen LogP contribution in [0.25, 0.3) is 0 Å². The molecule has 22 heavy (non-hydrogen) atoms. The predicted molar refractivity (Wildman–Crippen MR) is 88.0 cm³/mol. The lowest BCUT2D eigenvalue weighted by atomic mass is 9.92. The summed E-state index contributed by atoms with van der Waals surface area (Å²) in [6.07, 6.45) is 5.13. The third-order valence-electron chi connectivity index (χ3n) is 4.36. The van der Waals surface area contributed by atoms with Crippen molar-refractivity contribution < 1.29 is 4.79 Å². The summed E-state index contributed by atoms with van der Waals surface area (Å²) < 4.78 is 0. The van der Waals surface area contributed by atoms with Gasteiger partial charge in [0.05, 0.1) is 0 Å². The number of nitrogens with two attached hydrogens (primary N) is 1. The van der Waals surface area contributed by atoms with E-state index in [0.717, 1.165) is 31.6 Å². The molecule has 0 aliphatic carbocycles. The molecule has 2 N–H and O–H groups in total. The van der Waals surface area contributed by atoms with Crippen LogP contribution < -0.4 is 10.6 Å². The Bertz CT molecular complexity index is 642. The number of amides is 1. The molecular formula is C18H21N3O. The molecule has 4 heteroatoms. The summed E-state index contributed by atoms with van der Waals surface area (Å²) in [6, 6.07) is 14.5. The highest BCUT2D eigenvalue weighted by Crippen LogP contribution is 2.29. The zero-order chi connectivity index (χ0) is 15.4. The number of pyridine rings is 1. The number of nitrogens with zero attached hydrogens (tertiary/aromatic N) is 2. The van der Waals surface area contributed by atoms with Crippen molar-refractivity contribution in [2.24, 2.45) is 5.73 Å². The second kappa shape index (κ2) is 6.60. The molecule has 0 spiro atoms. The maximum atomic E-state index is 11.3. The quantitative estimate of drug-likeness (QED) is 0.947. The number of carbonyl (C=O) groups excluding carboxylic acids is 1. The smallest absolute Gasteiger partial charge is 0.267 e. The highest BCUT2D eigenvalue weighted by Gasteiger charge is 2.19. The van der Waals surface area contributed by atoms with Crippen molar-refractivity contribution in [1.82, 2.24) is 4.98 Å². The van der Waals surface area contributed by atoms with Gasteiger partial charge >= 0.3 is 0 Å². The molecule has 1 atom stereocenters. The van der Waals surface area contributed by atoms with Crippen molar-refractivity contribution in [3.05, 3.63) is 59.9 Å². The Morgan fingerprint density at radius 2 is 1.95 bits per heavy atom. The number of carbonyl (C=O) groups is 1. The van der Waals surface area contributed by atoms with Crippen molar-refractivity contribution in [2.75, 3.05) is 18.0 Å².